The second kappa shape index (κ2) is 3.97. The van der Waals surface area contributed by atoms with Crippen LogP contribution >= 0.6 is 0 Å². The number of phenolic OH excluding ortho intramolecular Hbond substituents is 1. The van der Waals surface area contributed by atoms with Crippen LogP contribution in [0.3, 0.4) is 0 Å². The Morgan fingerprint density at radius 1 is 1.41 bits per heavy atom. The Bertz CT molecular complexity index is 605. The van der Waals surface area contributed by atoms with Crippen molar-refractivity contribution >= 4 is 22.2 Å². The Labute approximate surface area is 98.6 Å². The van der Waals surface area contributed by atoms with Crippen LogP contribution in [0.5, 0.6) is 11.5 Å². The molecule has 0 aromatic heterocycles. The first-order valence-electron chi connectivity index (χ1n) is 5.15. The fourth-order valence-electron chi connectivity index (χ4n) is 1.89. The molecule has 4 nitrogen and oxygen atoms in total. The van der Waals surface area contributed by atoms with Crippen molar-refractivity contribution in [3.05, 3.63) is 29.8 Å². The van der Waals surface area contributed by atoms with E-state index in [1.54, 1.807) is 18.2 Å². The second-order valence-electron chi connectivity index (χ2n) is 3.80. The van der Waals surface area contributed by atoms with E-state index >= 15 is 0 Å². The molecule has 0 unspecified atom stereocenters. The number of ketones is 1. The SMILES string of the molecule is COc1cccc2c(N)cc(C(C)=O)c(O)c12. The highest BCUT2D eigenvalue weighted by molar-refractivity contribution is 6.09. The van der Waals surface area contributed by atoms with Gasteiger partial charge in [-0.15, -0.1) is 0 Å². The highest BCUT2D eigenvalue weighted by Crippen LogP contribution is 2.39. The summed E-state index contributed by atoms with van der Waals surface area (Å²) in [7, 11) is 1.50. The van der Waals surface area contributed by atoms with Crippen molar-refractivity contribution in [3.8, 4) is 11.5 Å². The first-order valence-corrected chi connectivity index (χ1v) is 5.15. The predicted molar refractivity (Wildman–Crippen MR) is 66.6 cm³/mol. The van der Waals surface area contributed by atoms with Gasteiger partial charge in [-0.1, -0.05) is 12.1 Å². The van der Waals surface area contributed by atoms with Crippen LogP contribution in [-0.4, -0.2) is 18.0 Å². The number of benzene rings is 2. The Balaban J connectivity index is 2.95. The van der Waals surface area contributed by atoms with Gasteiger partial charge in [-0.05, 0) is 19.1 Å². The van der Waals surface area contributed by atoms with Crippen molar-refractivity contribution in [2.75, 3.05) is 12.8 Å². The standard InChI is InChI=1S/C13H13NO3/c1-7(15)9-6-10(14)8-4-3-5-11(17-2)12(8)13(9)16/h3-6,16H,14H2,1-2H3. The number of rotatable bonds is 2. The Morgan fingerprint density at radius 2 is 2.12 bits per heavy atom. The summed E-state index contributed by atoms with van der Waals surface area (Å²) in [5.74, 6) is 0.177. The van der Waals surface area contributed by atoms with Gasteiger partial charge in [-0.2, -0.15) is 0 Å². The van der Waals surface area contributed by atoms with Gasteiger partial charge in [0.2, 0.25) is 0 Å². The van der Waals surface area contributed by atoms with Crippen molar-refractivity contribution in [1.82, 2.24) is 0 Å². The van der Waals surface area contributed by atoms with E-state index in [-0.39, 0.29) is 17.1 Å². The van der Waals surface area contributed by atoms with E-state index in [2.05, 4.69) is 0 Å². The molecule has 0 saturated carbocycles. The normalized spacial score (nSPS) is 10.5. The van der Waals surface area contributed by atoms with Crippen molar-refractivity contribution in [2.24, 2.45) is 0 Å². The minimum Gasteiger partial charge on any atom is -0.506 e. The van der Waals surface area contributed by atoms with Gasteiger partial charge in [-0.25, -0.2) is 0 Å². The van der Waals surface area contributed by atoms with Crippen LogP contribution in [0.1, 0.15) is 17.3 Å². The van der Waals surface area contributed by atoms with E-state index in [9.17, 15) is 9.90 Å². The van der Waals surface area contributed by atoms with Crippen molar-refractivity contribution < 1.29 is 14.6 Å². The molecule has 0 heterocycles. The molecule has 17 heavy (non-hydrogen) atoms. The number of anilines is 1. The van der Waals surface area contributed by atoms with E-state index in [0.29, 0.717) is 22.2 Å². The maximum Gasteiger partial charge on any atom is 0.163 e. The zero-order chi connectivity index (χ0) is 12.6. The molecule has 0 bridgehead atoms. The Hall–Kier alpha value is -2.23. The summed E-state index contributed by atoms with van der Waals surface area (Å²) in [6.07, 6.45) is 0. The molecule has 0 aliphatic heterocycles. The third-order valence-electron chi connectivity index (χ3n) is 2.73. The summed E-state index contributed by atoms with van der Waals surface area (Å²) in [5.41, 5.74) is 6.52. The number of hydrogen-bond acceptors (Lipinski definition) is 4. The smallest absolute Gasteiger partial charge is 0.163 e. The number of aromatic hydroxyl groups is 1. The van der Waals surface area contributed by atoms with Crippen molar-refractivity contribution in [1.29, 1.82) is 0 Å². The van der Waals surface area contributed by atoms with E-state index in [4.69, 9.17) is 10.5 Å². The molecular formula is C13H13NO3. The maximum atomic E-state index is 11.4. The van der Waals surface area contributed by atoms with Crippen molar-refractivity contribution in [3.63, 3.8) is 0 Å². The molecule has 4 heteroatoms. The largest absolute Gasteiger partial charge is 0.506 e. The van der Waals surface area contributed by atoms with Gasteiger partial charge < -0.3 is 15.6 Å². The van der Waals surface area contributed by atoms with Gasteiger partial charge in [0.05, 0.1) is 18.1 Å². The molecular weight excluding hydrogens is 218 g/mol. The lowest BCUT2D eigenvalue weighted by Gasteiger charge is -2.11. The molecule has 0 spiro atoms. The average molecular weight is 231 g/mol. The topological polar surface area (TPSA) is 72.5 Å². The highest BCUT2D eigenvalue weighted by Gasteiger charge is 2.16. The predicted octanol–water partition coefficient (Wildman–Crippen LogP) is 2.34. The van der Waals surface area contributed by atoms with Gasteiger partial charge >= 0.3 is 0 Å². The Kier molecular flexibility index (Phi) is 2.63. The fourth-order valence-corrected chi connectivity index (χ4v) is 1.89. The molecule has 0 amide bonds. The van der Waals surface area contributed by atoms with Gasteiger partial charge in [-0.3, -0.25) is 4.79 Å². The lowest BCUT2D eigenvalue weighted by molar-refractivity contribution is 0.101. The van der Waals surface area contributed by atoms with Crippen LogP contribution in [0.2, 0.25) is 0 Å². The summed E-state index contributed by atoms with van der Waals surface area (Å²) in [5, 5.41) is 11.2. The molecule has 0 aliphatic carbocycles. The van der Waals surface area contributed by atoms with Gasteiger partial charge in [0, 0.05) is 11.1 Å². The van der Waals surface area contributed by atoms with Crippen molar-refractivity contribution in [2.45, 2.75) is 6.92 Å². The quantitative estimate of drug-likeness (QED) is 0.472. The third-order valence-corrected chi connectivity index (χ3v) is 2.73. The molecule has 0 fully saturated rings. The van der Waals surface area contributed by atoms with E-state index < -0.39 is 0 Å². The number of methoxy groups -OCH3 is 1. The zero-order valence-electron chi connectivity index (χ0n) is 9.65. The summed E-state index contributed by atoms with van der Waals surface area (Å²) >= 11 is 0. The monoisotopic (exact) mass is 231 g/mol. The summed E-state index contributed by atoms with van der Waals surface area (Å²) < 4.78 is 5.17. The fraction of sp³-hybridized carbons (Fsp3) is 0.154. The van der Waals surface area contributed by atoms with Crippen LogP contribution in [0.15, 0.2) is 24.3 Å². The average Bonchev–Trinajstić information content (AvgIpc) is 2.32. The van der Waals surface area contributed by atoms with Crippen LogP contribution in [0, 0.1) is 0 Å². The highest BCUT2D eigenvalue weighted by atomic mass is 16.5. The lowest BCUT2D eigenvalue weighted by atomic mass is 10.0. The van der Waals surface area contributed by atoms with E-state index in [1.807, 2.05) is 0 Å². The summed E-state index contributed by atoms with van der Waals surface area (Å²) in [4.78, 5) is 11.4. The van der Waals surface area contributed by atoms with Gasteiger partial charge in [0.1, 0.15) is 11.5 Å². The number of ether oxygens (including phenoxy) is 1. The number of hydrogen-bond donors (Lipinski definition) is 2. The summed E-state index contributed by atoms with van der Waals surface area (Å²) in [6, 6.07) is 6.76. The maximum absolute atomic E-state index is 11.4. The van der Waals surface area contributed by atoms with E-state index in [0.717, 1.165) is 0 Å². The molecule has 88 valence electrons. The van der Waals surface area contributed by atoms with E-state index in [1.165, 1.54) is 20.1 Å². The van der Waals surface area contributed by atoms with Crippen LogP contribution in [-0.2, 0) is 0 Å². The molecule has 3 N–H and O–H groups in total. The van der Waals surface area contributed by atoms with Gasteiger partial charge in [0.15, 0.2) is 5.78 Å². The number of nitrogen functional groups attached to an aromatic ring is 1. The number of phenols is 1. The number of Topliss-reactive ketones (excluding diaryl/α,β-unsaturated/α-hetero) is 1. The number of carbonyl (C=O) groups excluding carboxylic acids is 1. The van der Waals surface area contributed by atoms with Gasteiger partial charge in [0.25, 0.3) is 0 Å². The van der Waals surface area contributed by atoms with Crippen LogP contribution in [0.4, 0.5) is 5.69 Å². The second-order valence-corrected chi connectivity index (χ2v) is 3.80. The molecule has 0 aliphatic rings. The molecule has 0 atom stereocenters. The first kappa shape index (κ1) is 11.3. The minimum absolute atomic E-state index is 0.0841. The molecule has 0 radical (unpaired) electrons. The third kappa shape index (κ3) is 1.67. The Morgan fingerprint density at radius 3 is 2.71 bits per heavy atom. The number of fused-ring (bicyclic) bond motifs is 1. The number of carbonyl (C=O) groups is 1. The lowest BCUT2D eigenvalue weighted by Crippen LogP contribution is -1.98. The van der Waals surface area contributed by atoms with Crippen LogP contribution in [0.25, 0.3) is 10.8 Å². The first-order chi connectivity index (χ1) is 8.06. The molecule has 2 aromatic rings. The minimum atomic E-state index is -0.234. The number of nitrogens with two attached hydrogens (primary N) is 1. The molecule has 2 aromatic carbocycles. The molecule has 0 saturated heterocycles. The molecule has 2 rings (SSSR count). The zero-order valence-corrected chi connectivity index (χ0v) is 9.65. The van der Waals surface area contributed by atoms with Crippen LogP contribution < -0.4 is 10.5 Å². The summed E-state index contributed by atoms with van der Waals surface area (Å²) in [6.45, 7) is 1.38.